The molecule has 2 heteroatoms. The summed E-state index contributed by atoms with van der Waals surface area (Å²) in [5.41, 5.74) is 5.96. The number of rotatable bonds is 2. The number of nitrogens with zero attached hydrogens (tertiary/aromatic N) is 2. The molecular formula is C29H32N2. The molecule has 1 aliphatic carbocycles. The van der Waals surface area contributed by atoms with E-state index < -0.39 is 0 Å². The van der Waals surface area contributed by atoms with Crippen LogP contribution in [0.1, 0.15) is 41.5 Å². The van der Waals surface area contributed by atoms with Crippen molar-refractivity contribution in [2.75, 3.05) is 0 Å². The molecule has 3 aromatic rings. The van der Waals surface area contributed by atoms with Gasteiger partial charge in [0.2, 0.25) is 0 Å². The van der Waals surface area contributed by atoms with E-state index in [9.17, 15) is 0 Å². The second-order valence-electron chi connectivity index (χ2n) is 10.2. The van der Waals surface area contributed by atoms with Crippen LogP contribution in [0, 0.1) is 16.2 Å². The van der Waals surface area contributed by atoms with E-state index in [2.05, 4.69) is 79.0 Å². The SMILES string of the molecule is C=C1/C(=c2/nc(-c3ccccc3)c(-c3ccccc3)nc2=C)C(C)(C)C(C)(C)C1(C)C. The van der Waals surface area contributed by atoms with Crippen LogP contribution in [0.5, 0.6) is 0 Å². The zero-order valence-electron chi connectivity index (χ0n) is 19.6. The minimum Gasteiger partial charge on any atom is -0.244 e. The number of aromatic nitrogens is 2. The van der Waals surface area contributed by atoms with Crippen LogP contribution < -0.4 is 10.7 Å². The molecule has 4 rings (SSSR count). The van der Waals surface area contributed by atoms with Crippen LogP contribution in [-0.2, 0) is 0 Å². The average Bonchev–Trinajstić information content (AvgIpc) is 2.84. The summed E-state index contributed by atoms with van der Waals surface area (Å²) < 4.78 is 0. The summed E-state index contributed by atoms with van der Waals surface area (Å²) in [6.45, 7) is 22.7. The molecule has 2 aromatic carbocycles. The van der Waals surface area contributed by atoms with Crippen molar-refractivity contribution in [2.45, 2.75) is 41.5 Å². The number of allylic oxidation sites excluding steroid dienone is 1. The van der Waals surface area contributed by atoms with E-state index in [0.29, 0.717) is 5.35 Å². The van der Waals surface area contributed by atoms with Crippen LogP contribution in [0.15, 0.2) is 72.8 Å². The molecule has 1 saturated carbocycles. The zero-order chi connectivity index (χ0) is 22.6. The van der Waals surface area contributed by atoms with Gasteiger partial charge in [-0.15, -0.1) is 0 Å². The fourth-order valence-corrected chi connectivity index (χ4v) is 4.86. The van der Waals surface area contributed by atoms with Gasteiger partial charge in [0, 0.05) is 11.1 Å². The molecule has 0 bridgehead atoms. The summed E-state index contributed by atoms with van der Waals surface area (Å²) in [4.78, 5) is 10.3. The van der Waals surface area contributed by atoms with Gasteiger partial charge in [-0.05, 0) is 27.4 Å². The summed E-state index contributed by atoms with van der Waals surface area (Å²) in [5.74, 6) is 0. The maximum Gasteiger partial charge on any atom is 0.0973 e. The number of hydrogen-bond donors (Lipinski definition) is 0. The molecule has 0 amide bonds. The molecule has 0 unspecified atom stereocenters. The summed E-state index contributed by atoms with van der Waals surface area (Å²) in [6.07, 6.45) is 0. The Morgan fingerprint density at radius 1 is 0.613 bits per heavy atom. The van der Waals surface area contributed by atoms with Crippen molar-refractivity contribution in [3.05, 3.63) is 83.5 Å². The lowest BCUT2D eigenvalue weighted by molar-refractivity contribution is 0.0815. The van der Waals surface area contributed by atoms with Crippen molar-refractivity contribution in [3.8, 4) is 22.5 Å². The predicted molar refractivity (Wildman–Crippen MR) is 132 cm³/mol. The fraction of sp³-hybridized carbons (Fsp3) is 0.310. The smallest absolute Gasteiger partial charge is 0.0973 e. The molecule has 2 nitrogen and oxygen atoms in total. The third-order valence-corrected chi connectivity index (χ3v) is 8.11. The lowest BCUT2D eigenvalue weighted by Crippen LogP contribution is -2.40. The summed E-state index contributed by atoms with van der Waals surface area (Å²) >= 11 is 0. The van der Waals surface area contributed by atoms with Crippen LogP contribution >= 0.6 is 0 Å². The predicted octanol–water partition coefficient (Wildman–Crippen LogP) is 6.02. The van der Waals surface area contributed by atoms with Crippen molar-refractivity contribution < 1.29 is 0 Å². The Bertz CT molecular complexity index is 1260. The largest absolute Gasteiger partial charge is 0.244 e. The molecule has 0 radical (unpaired) electrons. The van der Waals surface area contributed by atoms with E-state index in [1.807, 2.05) is 36.4 Å². The first kappa shape index (κ1) is 21.2. The molecule has 0 spiro atoms. The van der Waals surface area contributed by atoms with Crippen LogP contribution in [0.3, 0.4) is 0 Å². The highest BCUT2D eigenvalue weighted by molar-refractivity contribution is 5.79. The van der Waals surface area contributed by atoms with Crippen LogP contribution in [0.25, 0.3) is 34.7 Å². The Morgan fingerprint density at radius 3 is 1.48 bits per heavy atom. The standard InChI is InChI=1S/C29H32N2/c1-19-23(28(5,6)29(7,8)27(19,3)4)24-20(2)30-25(21-15-11-9-12-16-21)26(31-24)22-17-13-10-14-18-22/h9-18H,1-2H2,3-8H3/b24-23-. The second kappa shape index (κ2) is 7.02. The third kappa shape index (κ3) is 3.00. The normalized spacial score (nSPS) is 20.6. The van der Waals surface area contributed by atoms with Gasteiger partial charge in [0.15, 0.2) is 0 Å². The van der Waals surface area contributed by atoms with E-state index in [4.69, 9.17) is 9.97 Å². The molecule has 0 N–H and O–H groups in total. The van der Waals surface area contributed by atoms with Crippen LogP contribution in [0.2, 0.25) is 0 Å². The molecule has 0 aliphatic heterocycles. The topological polar surface area (TPSA) is 25.8 Å². The molecule has 1 fully saturated rings. The maximum atomic E-state index is 5.26. The average molecular weight is 409 g/mol. The van der Waals surface area contributed by atoms with Crippen molar-refractivity contribution >= 4 is 12.2 Å². The molecule has 1 aromatic heterocycles. The van der Waals surface area contributed by atoms with Crippen molar-refractivity contribution in [1.82, 2.24) is 9.97 Å². The Labute approximate surface area is 186 Å². The highest BCUT2D eigenvalue weighted by Crippen LogP contribution is 2.67. The number of hydrogen-bond acceptors (Lipinski definition) is 2. The van der Waals surface area contributed by atoms with E-state index in [1.165, 1.54) is 5.57 Å². The molecular weight excluding hydrogens is 376 g/mol. The quantitative estimate of drug-likeness (QED) is 0.518. The van der Waals surface area contributed by atoms with Gasteiger partial charge in [0.1, 0.15) is 0 Å². The first-order valence-electron chi connectivity index (χ1n) is 10.9. The van der Waals surface area contributed by atoms with Gasteiger partial charge in [-0.25, -0.2) is 9.97 Å². The van der Waals surface area contributed by atoms with Crippen LogP contribution in [0.4, 0.5) is 0 Å². The maximum absolute atomic E-state index is 5.26. The molecule has 0 saturated heterocycles. The Kier molecular flexibility index (Phi) is 4.81. The summed E-state index contributed by atoms with van der Waals surface area (Å²) in [7, 11) is 0. The lowest BCUT2D eigenvalue weighted by atomic mass is 9.60. The highest BCUT2D eigenvalue weighted by Gasteiger charge is 2.58. The summed E-state index contributed by atoms with van der Waals surface area (Å²) in [6, 6.07) is 20.5. The van der Waals surface area contributed by atoms with E-state index in [1.54, 1.807) is 0 Å². The fourth-order valence-electron chi connectivity index (χ4n) is 4.86. The second-order valence-corrected chi connectivity index (χ2v) is 10.2. The van der Waals surface area contributed by atoms with Crippen molar-refractivity contribution in [3.63, 3.8) is 0 Å². The van der Waals surface area contributed by atoms with Gasteiger partial charge in [-0.3, -0.25) is 0 Å². The Hall–Kier alpha value is -3.00. The summed E-state index contributed by atoms with van der Waals surface area (Å²) in [5, 5.41) is 1.57. The van der Waals surface area contributed by atoms with Gasteiger partial charge in [-0.1, -0.05) is 115 Å². The molecule has 0 atom stereocenters. The van der Waals surface area contributed by atoms with Crippen molar-refractivity contribution in [1.29, 1.82) is 0 Å². The van der Waals surface area contributed by atoms with E-state index in [-0.39, 0.29) is 16.2 Å². The van der Waals surface area contributed by atoms with Gasteiger partial charge in [-0.2, -0.15) is 0 Å². The van der Waals surface area contributed by atoms with E-state index >= 15 is 0 Å². The molecule has 1 heterocycles. The molecule has 1 aliphatic rings. The lowest BCUT2D eigenvalue weighted by Gasteiger charge is -2.43. The van der Waals surface area contributed by atoms with Gasteiger partial charge < -0.3 is 0 Å². The number of benzene rings is 2. The Morgan fingerprint density at radius 2 is 1.06 bits per heavy atom. The van der Waals surface area contributed by atoms with Gasteiger partial charge in [0.25, 0.3) is 0 Å². The van der Waals surface area contributed by atoms with Gasteiger partial charge in [0.05, 0.1) is 22.1 Å². The minimum absolute atomic E-state index is 0.00550. The molecule has 158 valence electrons. The highest BCUT2D eigenvalue weighted by atomic mass is 14.8. The van der Waals surface area contributed by atoms with E-state index in [0.717, 1.165) is 33.4 Å². The monoisotopic (exact) mass is 408 g/mol. The Balaban J connectivity index is 2.14. The minimum atomic E-state index is -0.128. The molecule has 31 heavy (non-hydrogen) atoms. The first-order valence-corrected chi connectivity index (χ1v) is 10.9. The zero-order valence-corrected chi connectivity index (χ0v) is 19.6. The van der Waals surface area contributed by atoms with Crippen LogP contribution in [-0.4, -0.2) is 9.97 Å². The van der Waals surface area contributed by atoms with Crippen molar-refractivity contribution in [2.24, 2.45) is 16.2 Å². The third-order valence-electron chi connectivity index (χ3n) is 8.11. The first-order chi connectivity index (χ1) is 14.5. The van der Waals surface area contributed by atoms with Gasteiger partial charge >= 0.3 is 0 Å².